The second-order valence-electron chi connectivity index (χ2n) is 3.29. The van der Waals surface area contributed by atoms with Gasteiger partial charge < -0.3 is 10.3 Å². The summed E-state index contributed by atoms with van der Waals surface area (Å²) in [7, 11) is 0. The van der Waals surface area contributed by atoms with Gasteiger partial charge in [0.2, 0.25) is 5.88 Å². The van der Waals surface area contributed by atoms with Crippen molar-refractivity contribution in [3.8, 4) is 11.1 Å². The van der Waals surface area contributed by atoms with E-state index in [-0.39, 0.29) is 22.2 Å². The molecule has 1 aromatic carbocycles. The Labute approximate surface area is 99.0 Å². The Morgan fingerprint density at radius 2 is 2.00 bits per heavy atom. The third-order valence-electron chi connectivity index (χ3n) is 2.16. The van der Waals surface area contributed by atoms with E-state index < -0.39 is 11.7 Å². The van der Waals surface area contributed by atoms with Gasteiger partial charge in [-0.2, -0.15) is 13.2 Å². The fourth-order valence-corrected chi connectivity index (χ4v) is 1.63. The standard InChI is InChI=1S/C10H6ClF3N2O/c11-8-7(9(15)17-16-8)5-2-1-3-6(4-5)10(12,13)14/h1-4H,15H2. The Kier molecular flexibility index (Phi) is 2.74. The highest BCUT2D eigenvalue weighted by Crippen LogP contribution is 2.36. The molecule has 7 heteroatoms. The van der Waals surface area contributed by atoms with E-state index in [1.165, 1.54) is 12.1 Å². The van der Waals surface area contributed by atoms with Gasteiger partial charge >= 0.3 is 6.18 Å². The first kappa shape index (κ1) is 11.8. The molecule has 0 bridgehead atoms. The van der Waals surface area contributed by atoms with Crippen LogP contribution in [0.2, 0.25) is 5.15 Å². The smallest absolute Gasteiger partial charge is 0.367 e. The zero-order valence-electron chi connectivity index (χ0n) is 8.25. The van der Waals surface area contributed by atoms with E-state index in [0.717, 1.165) is 12.1 Å². The fourth-order valence-electron chi connectivity index (χ4n) is 1.39. The van der Waals surface area contributed by atoms with Crippen LogP contribution in [0.4, 0.5) is 19.1 Å². The Bertz CT molecular complexity index is 531. The lowest BCUT2D eigenvalue weighted by Gasteiger charge is -2.07. The van der Waals surface area contributed by atoms with E-state index >= 15 is 0 Å². The summed E-state index contributed by atoms with van der Waals surface area (Å²) in [4.78, 5) is 0. The average molecular weight is 263 g/mol. The number of nitrogens with zero attached hydrogens (tertiary/aromatic N) is 1. The molecule has 90 valence electrons. The molecular formula is C10H6ClF3N2O. The van der Waals surface area contributed by atoms with Crippen molar-refractivity contribution >= 4 is 17.5 Å². The maximum absolute atomic E-state index is 12.5. The Balaban J connectivity index is 2.55. The van der Waals surface area contributed by atoms with Gasteiger partial charge in [-0.15, -0.1) is 0 Å². The molecule has 0 unspecified atom stereocenters. The minimum Gasteiger partial charge on any atom is -0.367 e. The summed E-state index contributed by atoms with van der Waals surface area (Å²) < 4.78 is 42.1. The summed E-state index contributed by atoms with van der Waals surface area (Å²) in [5.41, 5.74) is 5.03. The van der Waals surface area contributed by atoms with Gasteiger partial charge in [0.15, 0.2) is 5.15 Å². The van der Waals surface area contributed by atoms with E-state index in [4.69, 9.17) is 17.3 Å². The quantitative estimate of drug-likeness (QED) is 0.854. The van der Waals surface area contributed by atoms with Gasteiger partial charge in [-0.1, -0.05) is 28.9 Å². The Hall–Kier alpha value is -1.69. The molecule has 3 nitrogen and oxygen atoms in total. The SMILES string of the molecule is Nc1onc(Cl)c1-c1cccc(C(F)(F)F)c1. The molecule has 0 saturated heterocycles. The monoisotopic (exact) mass is 262 g/mol. The summed E-state index contributed by atoms with van der Waals surface area (Å²) >= 11 is 5.68. The summed E-state index contributed by atoms with van der Waals surface area (Å²) in [6.45, 7) is 0. The van der Waals surface area contributed by atoms with Crippen LogP contribution in [0.5, 0.6) is 0 Å². The van der Waals surface area contributed by atoms with Crippen LogP contribution in [0.25, 0.3) is 11.1 Å². The molecule has 0 fully saturated rings. The van der Waals surface area contributed by atoms with Crippen molar-refractivity contribution in [1.82, 2.24) is 5.16 Å². The highest BCUT2D eigenvalue weighted by Gasteiger charge is 2.31. The Morgan fingerprint density at radius 3 is 2.53 bits per heavy atom. The third kappa shape index (κ3) is 2.21. The van der Waals surface area contributed by atoms with Gasteiger partial charge in [-0.25, -0.2) is 0 Å². The summed E-state index contributed by atoms with van der Waals surface area (Å²) in [6, 6.07) is 4.61. The van der Waals surface area contributed by atoms with Gasteiger partial charge in [0.1, 0.15) is 0 Å². The van der Waals surface area contributed by atoms with Crippen LogP contribution in [0.15, 0.2) is 28.8 Å². The molecule has 0 atom stereocenters. The van der Waals surface area contributed by atoms with Crippen molar-refractivity contribution in [3.05, 3.63) is 35.0 Å². The van der Waals surface area contributed by atoms with E-state index in [1.807, 2.05) is 0 Å². The predicted molar refractivity (Wildman–Crippen MR) is 56.4 cm³/mol. The molecule has 0 radical (unpaired) electrons. The highest BCUT2D eigenvalue weighted by atomic mass is 35.5. The number of nitrogen functional groups attached to an aromatic ring is 1. The number of aromatic nitrogens is 1. The van der Waals surface area contributed by atoms with Crippen LogP contribution < -0.4 is 5.73 Å². The molecule has 0 amide bonds. The molecule has 0 aliphatic rings. The number of halogens is 4. The number of rotatable bonds is 1. The topological polar surface area (TPSA) is 52.0 Å². The number of benzene rings is 1. The zero-order chi connectivity index (χ0) is 12.6. The summed E-state index contributed by atoms with van der Waals surface area (Å²) in [5, 5.41) is 3.30. The van der Waals surface area contributed by atoms with Gasteiger partial charge in [-0.05, 0) is 17.7 Å². The van der Waals surface area contributed by atoms with Crippen molar-refractivity contribution in [2.24, 2.45) is 0 Å². The van der Waals surface area contributed by atoms with Gasteiger partial charge in [0.25, 0.3) is 0 Å². The molecule has 0 saturated carbocycles. The van der Waals surface area contributed by atoms with Crippen molar-refractivity contribution in [3.63, 3.8) is 0 Å². The molecule has 2 aromatic rings. The van der Waals surface area contributed by atoms with E-state index in [9.17, 15) is 13.2 Å². The highest BCUT2D eigenvalue weighted by molar-refractivity contribution is 6.32. The predicted octanol–water partition coefficient (Wildman–Crippen LogP) is 3.60. The lowest BCUT2D eigenvalue weighted by molar-refractivity contribution is -0.137. The number of alkyl halides is 3. The van der Waals surface area contributed by atoms with Crippen LogP contribution in [0.1, 0.15) is 5.56 Å². The molecule has 1 aromatic heterocycles. The average Bonchev–Trinajstić information content (AvgIpc) is 2.57. The van der Waals surface area contributed by atoms with Crippen molar-refractivity contribution in [1.29, 1.82) is 0 Å². The fraction of sp³-hybridized carbons (Fsp3) is 0.100. The van der Waals surface area contributed by atoms with E-state index in [1.54, 1.807) is 0 Å². The van der Waals surface area contributed by atoms with Gasteiger partial charge in [-0.3, -0.25) is 0 Å². The Morgan fingerprint density at radius 1 is 1.29 bits per heavy atom. The summed E-state index contributed by atoms with van der Waals surface area (Å²) in [5.74, 6) is -0.116. The lowest BCUT2D eigenvalue weighted by Crippen LogP contribution is -2.04. The van der Waals surface area contributed by atoms with Gasteiger partial charge in [0, 0.05) is 0 Å². The lowest BCUT2D eigenvalue weighted by atomic mass is 10.1. The van der Waals surface area contributed by atoms with Gasteiger partial charge in [0.05, 0.1) is 11.1 Å². The maximum atomic E-state index is 12.5. The first-order chi connectivity index (χ1) is 7.89. The maximum Gasteiger partial charge on any atom is 0.416 e. The van der Waals surface area contributed by atoms with Crippen LogP contribution in [0, 0.1) is 0 Å². The minimum atomic E-state index is -4.42. The van der Waals surface area contributed by atoms with Crippen LogP contribution in [-0.2, 0) is 6.18 Å². The van der Waals surface area contributed by atoms with Crippen molar-refractivity contribution < 1.29 is 17.7 Å². The van der Waals surface area contributed by atoms with E-state index in [2.05, 4.69) is 9.68 Å². The molecule has 0 aliphatic heterocycles. The zero-order valence-corrected chi connectivity index (χ0v) is 9.01. The number of anilines is 1. The molecule has 1 heterocycles. The second kappa shape index (κ2) is 3.96. The normalized spacial score (nSPS) is 11.8. The number of nitrogens with two attached hydrogens (primary N) is 1. The first-order valence-electron chi connectivity index (χ1n) is 4.48. The minimum absolute atomic E-state index is 0.0678. The molecule has 0 spiro atoms. The number of hydrogen-bond donors (Lipinski definition) is 1. The van der Waals surface area contributed by atoms with Crippen molar-refractivity contribution in [2.75, 3.05) is 5.73 Å². The molecular weight excluding hydrogens is 257 g/mol. The third-order valence-corrected chi connectivity index (χ3v) is 2.41. The largest absolute Gasteiger partial charge is 0.416 e. The molecule has 2 N–H and O–H groups in total. The molecule has 0 aliphatic carbocycles. The summed E-state index contributed by atoms with van der Waals surface area (Å²) in [6.07, 6.45) is -4.42. The van der Waals surface area contributed by atoms with Crippen molar-refractivity contribution in [2.45, 2.75) is 6.18 Å². The van der Waals surface area contributed by atoms with E-state index in [0.29, 0.717) is 0 Å². The molecule has 17 heavy (non-hydrogen) atoms. The first-order valence-corrected chi connectivity index (χ1v) is 4.85. The molecule has 2 rings (SSSR count). The number of hydrogen-bond acceptors (Lipinski definition) is 3. The van der Waals surface area contributed by atoms with Crippen LogP contribution in [-0.4, -0.2) is 5.16 Å². The second-order valence-corrected chi connectivity index (χ2v) is 3.65. The van der Waals surface area contributed by atoms with Crippen LogP contribution >= 0.6 is 11.6 Å². The van der Waals surface area contributed by atoms with Crippen LogP contribution in [0.3, 0.4) is 0 Å².